The Morgan fingerprint density at radius 1 is 1.35 bits per heavy atom. The largest absolute Gasteiger partial charge is 0.381 e. The molecule has 0 aliphatic carbocycles. The molecule has 1 aromatic carbocycles. The average molecular weight is 356 g/mol. The molecular formula is C18H20N4O4. The summed E-state index contributed by atoms with van der Waals surface area (Å²) in [6, 6.07) is 5.98. The van der Waals surface area contributed by atoms with E-state index in [1.54, 1.807) is 24.4 Å². The normalized spacial score (nSPS) is 15.2. The summed E-state index contributed by atoms with van der Waals surface area (Å²) in [5, 5.41) is 17.7. The van der Waals surface area contributed by atoms with Crippen LogP contribution in [0.25, 0.3) is 6.08 Å². The summed E-state index contributed by atoms with van der Waals surface area (Å²) in [5.74, 6) is 0.267. The monoisotopic (exact) mass is 356 g/mol. The minimum atomic E-state index is -0.460. The van der Waals surface area contributed by atoms with Gasteiger partial charge in [-0.15, -0.1) is 0 Å². The number of nitrogens with zero attached hydrogens (tertiary/aromatic N) is 3. The quantitative estimate of drug-likeness (QED) is 0.487. The molecule has 0 radical (unpaired) electrons. The first-order valence-electron chi connectivity index (χ1n) is 8.44. The number of nitro groups is 1. The number of hydrogen-bond donors (Lipinski definition) is 1. The highest BCUT2D eigenvalue weighted by Crippen LogP contribution is 2.17. The maximum absolute atomic E-state index is 12.0. The van der Waals surface area contributed by atoms with Gasteiger partial charge in [0.2, 0.25) is 5.91 Å². The van der Waals surface area contributed by atoms with Gasteiger partial charge in [0, 0.05) is 44.2 Å². The van der Waals surface area contributed by atoms with Crippen molar-refractivity contribution < 1.29 is 14.5 Å². The van der Waals surface area contributed by atoms with Gasteiger partial charge in [0.25, 0.3) is 5.69 Å². The van der Waals surface area contributed by atoms with E-state index in [9.17, 15) is 14.9 Å². The molecule has 0 bridgehead atoms. The number of amides is 1. The van der Waals surface area contributed by atoms with Crippen LogP contribution in [0.3, 0.4) is 0 Å². The zero-order valence-corrected chi connectivity index (χ0v) is 14.2. The van der Waals surface area contributed by atoms with Crippen molar-refractivity contribution in [3.63, 3.8) is 0 Å². The molecule has 1 fully saturated rings. The minimum absolute atomic E-state index is 0.0172. The van der Waals surface area contributed by atoms with Crippen molar-refractivity contribution in [2.24, 2.45) is 5.92 Å². The summed E-state index contributed by atoms with van der Waals surface area (Å²) in [7, 11) is 0. The number of carbonyl (C=O) groups excluding carboxylic acids is 1. The molecule has 8 nitrogen and oxygen atoms in total. The van der Waals surface area contributed by atoms with E-state index in [1.807, 2.05) is 10.9 Å². The predicted molar refractivity (Wildman–Crippen MR) is 96.5 cm³/mol. The summed E-state index contributed by atoms with van der Waals surface area (Å²) in [4.78, 5) is 22.2. The van der Waals surface area contributed by atoms with Crippen molar-refractivity contribution in [2.75, 3.05) is 18.5 Å². The van der Waals surface area contributed by atoms with Crippen molar-refractivity contribution in [3.05, 3.63) is 58.4 Å². The molecule has 136 valence electrons. The molecule has 0 saturated carbocycles. The van der Waals surface area contributed by atoms with Crippen LogP contribution in [0.4, 0.5) is 11.4 Å². The molecular weight excluding hydrogens is 336 g/mol. The molecule has 1 N–H and O–H groups in total. The van der Waals surface area contributed by atoms with Gasteiger partial charge in [-0.3, -0.25) is 19.6 Å². The second-order valence-electron chi connectivity index (χ2n) is 6.18. The Labute approximate surface area is 150 Å². The molecule has 2 aromatic rings. The number of aromatic nitrogens is 2. The zero-order chi connectivity index (χ0) is 18.4. The van der Waals surface area contributed by atoms with Crippen molar-refractivity contribution in [1.29, 1.82) is 0 Å². The fraction of sp³-hybridized carbons (Fsp3) is 0.333. The molecule has 3 rings (SSSR count). The molecule has 0 spiro atoms. The maximum Gasteiger partial charge on any atom is 0.269 e. The summed E-state index contributed by atoms with van der Waals surface area (Å²) in [6.07, 6.45) is 8.48. The maximum atomic E-state index is 12.0. The molecule has 1 aliphatic rings. The lowest BCUT2D eigenvalue weighted by Gasteiger charge is -2.21. The number of non-ortho nitro benzene ring substituents is 1. The van der Waals surface area contributed by atoms with Gasteiger partial charge in [0.1, 0.15) is 0 Å². The SMILES string of the molecule is O=C(/C=C/c1ccc([N+](=O)[O-])cc1)Nc1cnn(CC2CCOCC2)c1. The summed E-state index contributed by atoms with van der Waals surface area (Å²) in [6.45, 7) is 2.41. The van der Waals surface area contributed by atoms with Crippen LogP contribution in [0.15, 0.2) is 42.7 Å². The van der Waals surface area contributed by atoms with Crippen LogP contribution in [0.5, 0.6) is 0 Å². The van der Waals surface area contributed by atoms with E-state index in [0.29, 0.717) is 17.2 Å². The summed E-state index contributed by atoms with van der Waals surface area (Å²) < 4.78 is 7.19. The van der Waals surface area contributed by atoms with Crippen molar-refractivity contribution >= 4 is 23.4 Å². The molecule has 1 aliphatic heterocycles. The Hall–Kier alpha value is -3.00. The topological polar surface area (TPSA) is 99.3 Å². The molecule has 1 saturated heterocycles. The van der Waals surface area contributed by atoms with E-state index in [4.69, 9.17) is 4.74 Å². The highest BCUT2D eigenvalue weighted by Gasteiger charge is 2.15. The third-order valence-corrected chi connectivity index (χ3v) is 4.22. The van der Waals surface area contributed by atoms with Crippen molar-refractivity contribution in [3.8, 4) is 0 Å². The summed E-state index contributed by atoms with van der Waals surface area (Å²) >= 11 is 0. The molecule has 1 amide bonds. The van der Waals surface area contributed by atoms with Crippen LogP contribution >= 0.6 is 0 Å². The highest BCUT2D eigenvalue weighted by molar-refractivity contribution is 6.01. The van der Waals surface area contributed by atoms with Gasteiger partial charge in [0.05, 0.1) is 16.8 Å². The Kier molecular flexibility index (Phi) is 5.75. The number of rotatable bonds is 6. The first kappa shape index (κ1) is 17.8. The van der Waals surface area contributed by atoms with Crippen molar-refractivity contribution in [1.82, 2.24) is 9.78 Å². The van der Waals surface area contributed by atoms with E-state index < -0.39 is 4.92 Å². The van der Waals surface area contributed by atoms with Crippen LogP contribution < -0.4 is 5.32 Å². The minimum Gasteiger partial charge on any atom is -0.381 e. The van der Waals surface area contributed by atoms with Gasteiger partial charge >= 0.3 is 0 Å². The zero-order valence-electron chi connectivity index (χ0n) is 14.2. The molecule has 26 heavy (non-hydrogen) atoms. The number of carbonyl (C=O) groups is 1. The van der Waals surface area contributed by atoms with Crippen LogP contribution in [-0.4, -0.2) is 33.8 Å². The smallest absolute Gasteiger partial charge is 0.269 e. The molecule has 1 aromatic heterocycles. The second-order valence-corrected chi connectivity index (χ2v) is 6.18. The van der Waals surface area contributed by atoms with Crippen LogP contribution in [0.1, 0.15) is 18.4 Å². The molecule has 2 heterocycles. The molecule has 8 heteroatoms. The van der Waals surface area contributed by atoms with Crippen LogP contribution in [-0.2, 0) is 16.1 Å². The van der Waals surface area contributed by atoms with E-state index in [0.717, 1.165) is 32.6 Å². The third kappa shape index (κ3) is 5.00. The average Bonchev–Trinajstić information content (AvgIpc) is 3.08. The number of benzene rings is 1. The van der Waals surface area contributed by atoms with Gasteiger partial charge in [-0.1, -0.05) is 0 Å². The Balaban J connectivity index is 1.52. The molecule has 0 unspecified atom stereocenters. The lowest BCUT2D eigenvalue weighted by Crippen LogP contribution is -2.20. The van der Waals surface area contributed by atoms with Gasteiger partial charge in [-0.25, -0.2) is 0 Å². The van der Waals surface area contributed by atoms with E-state index in [1.165, 1.54) is 18.2 Å². The van der Waals surface area contributed by atoms with Gasteiger partial charge in [-0.2, -0.15) is 5.10 Å². The highest BCUT2D eigenvalue weighted by atomic mass is 16.6. The van der Waals surface area contributed by atoms with Gasteiger partial charge < -0.3 is 10.1 Å². The number of hydrogen-bond acceptors (Lipinski definition) is 5. The van der Waals surface area contributed by atoms with E-state index in [2.05, 4.69) is 10.4 Å². The number of nitro benzene ring substituents is 1. The third-order valence-electron chi connectivity index (χ3n) is 4.22. The first-order chi connectivity index (χ1) is 12.6. The van der Waals surface area contributed by atoms with E-state index in [-0.39, 0.29) is 11.6 Å². The number of anilines is 1. The predicted octanol–water partition coefficient (Wildman–Crippen LogP) is 2.87. The number of ether oxygens (including phenoxy) is 1. The lowest BCUT2D eigenvalue weighted by molar-refractivity contribution is -0.384. The fourth-order valence-corrected chi connectivity index (χ4v) is 2.78. The Bertz CT molecular complexity index is 792. The fourth-order valence-electron chi connectivity index (χ4n) is 2.78. The van der Waals surface area contributed by atoms with Crippen LogP contribution in [0.2, 0.25) is 0 Å². The second kappa shape index (κ2) is 8.39. The Morgan fingerprint density at radius 3 is 2.77 bits per heavy atom. The molecule has 0 atom stereocenters. The standard InChI is InChI=1S/C18H20N4O4/c23-18(6-3-14-1-4-17(5-2-14)22(24)25)20-16-11-19-21(13-16)12-15-7-9-26-10-8-15/h1-6,11,13,15H,7-10,12H2,(H,20,23)/b6-3+. The first-order valence-corrected chi connectivity index (χ1v) is 8.44. The van der Waals surface area contributed by atoms with Gasteiger partial charge in [0.15, 0.2) is 0 Å². The number of nitrogens with one attached hydrogen (secondary N) is 1. The van der Waals surface area contributed by atoms with Crippen LogP contribution in [0, 0.1) is 16.0 Å². The van der Waals surface area contributed by atoms with Crippen molar-refractivity contribution in [2.45, 2.75) is 19.4 Å². The van der Waals surface area contributed by atoms with Gasteiger partial charge in [-0.05, 0) is 42.5 Å². The lowest BCUT2D eigenvalue weighted by atomic mass is 10.0. The van der Waals surface area contributed by atoms with E-state index >= 15 is 0 Å². The summed E-state index contributed by atoms with van der Waals surface area (Å²) in [5.41, 5.74) is 1.36. The Morgan fingerprint density at radius 2 is 2.08 bits per heavy atom.